The maximum absolute atomic E-state index is 12.5. The summed E-state index contributed by atoms with van der Waals surface area (Å²) >= 11 is 0. The van der Waals surface area contributed by atoms with Gasteiger partial charge in [0.15, 0.2) is 5.78 Å². The first kappa shape index (κ1) is 16.0. The molecule has 126 valence electrons. The fourth-order valence-corrected chi connectivity index (χ4v) is 2.94. The number of ether oxygens (including phenoxy) is 2. The van der Waals surface area contributed by atoms with Crippen molar-refractivity contribution in [3.63, 3.8) is 0 Å². The molecule has 1 aliphatic heterocycles. The van der Waals surface area contributed by atoms with Crippen LogP contribution in [0.2, 0.25) is 0 Å². The number of carbonyl (C=O) groups excluding carboxylic acids is 1. The van der Waals surface area contributed by atoms with Gasteiger partial charge in [-0.3, -0.25) is 4.79 Å². The summed E-state index contributed by atoms with van der Waals surface area (Å²) in [6.45, 7) is 3.15. The third kappa shape index (κ3) is 2.31. The molecular weight excluding hydrogens is 312 g/mol. The first-order chi connectivity index (χ1) is 11.3. The van der Waals surface area contributed by atoms with Gasteiger partial charge in [0.05, 0.1) is 13.5 Å². The van der Waals surface area contributed by atoms with Crippen molar-refractivity contribution in [1.29, 1.82) is 0 Å². The van der Waals surface area contributed by atoms with Crippen LogP contribution in [0, 0.1) is 13.8 Å². The lowest BCUT2D eigenvalue weighted by molar-refractivity contribution is 0.0839. The van der Waals surface area contributed by atoms with Crippen molar-refractivity contribution in [2.45, 2.75) is 26.4 Å². The largest absolute Gasteiger partial charge is 0.507 e. The number of aromatic hydroxyl groups is 3. The Morgan fingerprint density at radius 3 is 2.46 bits per heavy atom. The maximum Gasteiger partial charge on any atom is 0.174 e. The Labute approximate surface area is 138 Å². The van der Waals surface area contributed by atoms with Crippen molar-refractivity contribution in [1.82, 2.24) is 0 Å². The Hall–Kier alpha value is -2.89. The Balaban J connectivity index is 2.09. The normalized spacial score (nSPS) is 16.5. The van der Waals surface area contributed by atoms with Crippen LogP contribution in [-0.2, 0) is 0 Å². The molecule has 0 aromatic heterocycles. The fraction of sp³-hybridized carbons (Fsp3) is 0.278. The van der Waals surface area contributed by atoms with Crippen molar-refractivity contribution in [2.75, 3.05) is 7.11 Å². The van der Waals surface area contributed by atoms with Crippen LogP contribution in [0.15, 0.2) is 18.2 Å². The molecule has 6 heteroatoms. The number of hydrogen-bond acceptors (Lipinski definition) is 6. The van der Waals surface area contributed by atoms with Crippen LogP contribution in [0.3, 0.4) is 0 Å². The Morgan fingerprint density at radius 2 is 1.83 bits per heavy atom. The van der Waals surface area contributed by atoms with E-state index in [1.54, 1.807) is 19.1 Å². The summed E-state index contributed by atoms with van der Waals surface area (Å²) in [5.41, 5.74) is 1.14. The van der Waals surface area contributed by atoms with E-state index in [0.717, 1.165) is 0 Å². The second-order valence-electron chi connectivity index (χ2n) is 5.81. The van der Waals surface area contributed by atoms with Gasteiger partial charge >= 0.3 is 0 Å². The van der Waals surface area contributed by atoms with E-state index in [9.17, 15) is 20.1 Å². The van der Waals surface area contributed by atoms with Gasteiger partial charge < -0.3 is 24.8 Å². The Kier molecular flexibility index (Phi) is 3.75. The SMILES string of the molecule is COc1ccc([C@H]2CC(=O)c3c(O)c(C)c(O)c(C)c3O2)c(O)c1. The number of hydrogen-bond donors (Lipinski definition) is 3. The van der Waals surface area contributed by atoms with Crippen molar-refractivity contribution in [2.24, 2.45) is 0 Å². The molecule has 2 aromatic rings. The highest BCUT2D eigenvalue weighted by Crippen LogP contribution is 2.48. The number of Topliss-reactive ketones (excluding diaryl/α,β-unsaturated/α-hetero) is 1. The van der Waals surface area contributed by atoms with Crippen LogP contribution < -0.4 is 9.47 Å². The van der Waals surface area contributed by atoms with Gasteiger partial charge in [-0.15, -0.1) is 0 Å². The van der Waals surface area contributed by atoms with Crippen LogP contribution in [0.5, 0.6) is 28.7 Å². The highest BCUT2D eigenvalue weighted by atomic mass is 16.5. The molecule has 0 unspecified atom stereocenters. The molecule has 24 heavy (non-hydrogen) atoms. The summed E-state index contributed by atoms with van der Waals surface area (Å²) in [6.07, 6.45) is -0.736. The minimum atomic E-state index is -0.712. The Bertz CT molecular complexity index is 840. The van der Waals surface area contributed by atoms with Crippen LogP contribution in [0.25, 0.3) is 0 Å². The number of phenolic OH excluding ortho intramolecular Hbond substituents is 3. The van der Waals surface area contributed by atoms with Crippen molar-refractivity contribution in [3.8, 4) is 28.7 Å². The third-order valence-corrected chi connectivity index (χ3v) is 4.36. The molecule has 3 N–H and O–H groups in total. The molecule has 0 aliphatic carbocycles. The molecule has 0 fully saturated rings. The van der Waals surface area contributed by atoms with Gasteiger partial charge in [0.25, 0.3) is 0 Å². The maximum atomic E-state index is 12.5. The van der Waals surface area contributed by atoms with Crippen LogP contribution in [0.1, 0.15) is 39.6 Å². The van der Waals surface area contributed by atoms with Crippen molar-refractivity contribution >= 4 is 5.78 Å². The van der Waals surface area contributed by atoms with E-state index in [2.05, 4.69) is 0 Å². The van der Waals surface area contributed by atoms with Gasteiger partial charge in [0.1, 0.15) is 40.4 Å². The fourth-order valence-electron chi connectivity index (χ4n) is 2.94. The zero-order valence-electron chi connectivity index (χ0n) is 13.6. The zero-order chi connectivity index (χ0) is 17.6. The van der Waals surface area contributed by atoms with E-state index in [-0.39, 0.29) is 46.3 Å². The first-order valence-corrected chi connectivity index (χ1v) is 7.47. The van der Waals surface area contributed by atoms with E-state index in [0.29, 0.717) is 16.9 Å². The van der Waals surface area contributed by atoms with E-state index in [1.807, 2.05) is 0 Å². The summed E-state index contributed by atoms with van der Waals surface area (Å²) in [5, 5.41) is 30.4. The lowest BCUT2D eigenvalue weighted by Gasteiger charge is -2.28. The van der Waals surface area contributed by atoms with E-state index < -0.39 is 6.10 Å². The standard InChI is InChI=1S/C18H18O6/c1-8-16(21)9(2)18-15(17(8)22)13(20)7-14(24-18)11-5-4-10(23-3)6-12(11)19/h4-6,14,19,21-22H,7H2,1-3H3/t14-/m1/s1. The van der Waals surface area contributed by atoms with Crippen LogP contribution in [-0.4, -0.2) is 28.2 Å². The van der Waals surface area contributed by atoms with Crippen LogP contribution >= 0.6 is 0 Å². The molecule has 0 spiro atoms. The van der Waals surface area contributed by atoms with Gasteiger partial charge in [-0.25, -0.2) is 0 Å². The Morgan fingerprint density at radius 1 is 1.12 bits per heavy atom. The summed E-state index contributed by atoms with van der Waals surface area (Å²) < 4.78 is 10.9. The molecule has 0 bridgehead atoms. The lowest BCUT2D eigenvalue weighted by atomic mass is 9.91. The van der Waals surface area contributed by atoms with E-state index in [4.69, 9.17) is 9.47 Å². The van der Waals surface area contributed by atoms with Gasteiger partial charge in [-0.1, -0.05) is 0 Å². The monoisotopic (exact) mass is 330 g/mol. The summed E-state index contributed by atoms with van der Waals surface area (Å²) in [4.78, 5) is 12.5. The molecule has 2 aromatic carbocycles. The smallest absolute Gasteiger partial charge is 0.174 e. The number of benzene rings is 2. The average molecular weight is 330 g/mol. The van der Waals surface area contributed by atoms with Crippen LogP contribution in [0.4, 0.5) is 0 Å². The van der Waals surface area contributed by atoms with Gasteiger partial charge in [-0.05, 0) is 26.0 Å². The predicted molar refractivity (Wildman–Crippen MR) is 86.2 cm³/mol. The number of rotatable bonds is 2. The van der Waals surface area contributed by atoms with Gasteiger partial charge in [0, 0.05) is 22.8 Å². The molecule has 0 amide bonds. The molecular formula is C18H18O6. The summed E-state index contributed by atoms with van der Waals surface area (Å²) in [7, 11) is 1.49. The van der Waals surface area contributed by atoms with E-state index >= 15 is 0 Å². The minimum Gasteiger partial charge on any atom is -0.507 e. The predicted octanol–water partition coefficient (Wildman–Crippen LogP) is 3.14. The van der Waals surface area contributed by atoms with Crippen molar-refractivity contribution in [3.05, 3.63) is 40.5 Å². The molecule has 1 atom stereocenters. The number of phenols is 3. The topological polar surface area (TPSA) is 96.2 Å². The number of ketones is 1. The molecule has 6 nitrogen and oxygen atoms in total. The number of fused-ring (bicyclic) bond motifs is 1. The number of carbonyl (C=O) groups is 1. The van der Waals surface area contributed by atoms with E-state index in [1.165, 1.54) is 20.1 Å². The first-order valence-electron chi connectivity index (χ1n) is 7.47. The van der Waals surface area contributed by atoms with Gasteiger partial charge in [-0.2, -0.15) is 0 Å². The highest BCUT2D eigenvalue weighted by Gasteiger charge is 2.34. The second kappa shape index (κ2) is 5.63. The number of methoxy groups -OCH3 is 1. The molecule has 0 saturated heterocycles. The lowest BCUT2D eigenvalue weighted by Crippen LogP contribution is -2.21. The van der Waals surface area contributed by atoms with Crippen molar-refractivity contribution < 1.29 is 29.6 Å². The third-order valence-electron chi connectivity index (χ3n) is 4.36. The summed E-state index contributed by atoms with van der Waals surface area (Å²) in [6, 6.07) is 4.73. The zero-order valence-corrected chi connectivity index (χ0v) is 13.6. The second-order valence-corrected chi connectivity index (χ2v) is 5.81. The quantitative estimate of drug-likeness (QED) is 0.783. The summed E-state index contributed by atoms with van der Waals surface area (Å²) in [5.74, 6) is -0.101. The molecule has 0 radical (unpaired) electrons. The highest BCUT2D eigenvalue weighted by molar-refractivity contribution is 6.03. The average Bonchev–Trinajstić information content (AvgIpc) is 2.57. The molecule has 0 saturated carbocycles. The van der Waals surface area contributed by atoms with Gasteiger partial charge in [0.2, 0.25) is 0 Å². The molecule has 3 rings (SSSR count). The molecule has 1 heterocycles. The molecule has 1 aliphatic rings. The minimum absolute atomic E-state index is 0.0237.